The predicted octanol–water partition coefficient (Wildman–Crippen LogP) is 2.93. The molecule has 1 heterocycles. The highest BCUT2D eigenvalue weighted by Gasteiger charge is 2.34. The number of nitrogens with two attached hydrogens (primary N) is 1. The average Bonchev–Trinajstić information content (AvgIpc) is 2.66. The van der Waals surface area contributed by atoms with Crippen LogP contribution < -0.4 is 10.6 Å². The van der Waals surface area contributed by atoms with Crippen LogP contribution in [-0.2, 0) is 11.3 Å². The third-order valence-corrected chi connectivity index (χ3v) is 3.40. The molecular weight excluding hydrogens is 298 g/mol. The van der Waals surface area contributed by atoms with E-state index in [1.807, 2.05) is 0 Å². The van der Waals surface area contributed by atoms with Crippen molar-refractivity contribution >= 4 is 24.0 Å². The maximum Gasteiger partial charge on any atom is 0.248 e. The van der Waals surface area contributed by atoms with Crippen LogP contribution >= 0.6 is 12.4 Å². The molecule has 1 aliphatic rings. The van der Waals surface area contributed by atoms with Crippen molar-refractivity contribution in [3.05, 3.63) is 65.2 Å². The van der Waals surface area contributed by atoms with Crippen molar-refractivity contribution in [3.8, 4) is 0 Å². The quantitative estimate of drug-likeness (QED) is 0.927. The molecule has 1 amide bonds. The summed E-state index contributed by atoms with van der Waals surface area (Å²) in [6.45, 7) is 0.283. The Morgan fingerprint density at radius 1 is 1.05 bits per heavy atom. The van der Waals surface area contributed by atoms with E-state index in [0.29, 0.717) is 11.3 Å². The number of amides is 1. The Labute approximate surface area is 126 Å². The van der Waals surface area contributed by atoms with Crippen LogP contribution in [0.15, 0.2) is 42.5 Å². The fourth-order valence-corrected chi connectivity index (χ4v) is 2.38. The molecule has 21 heavy (non-hydrogen) atoms. The van der Waals surface area contributed by atoms with Gasteiger partial charge in [-0.25, -0.2) is 8.78 Å². The lowest BCUT2D eigenvalue weighted by atomic mass is 10.1. The van der Waals surface area contributed by atoms with Crippen molar-refractivity contribution in [1.29, 1.82) is 0 Å². The molecule has 0 fully saturated rings. The van der Waals surface area contributed by atoms with Crippen LogP contribution in [-0.4, -0.2) is 5.91 Å². The lowest BCUT2D eigenvalue weighted by molar-refractivity contribution is -0.119. The molecule has 0 bridgehead atoms. The number of fused-ring (bicyclic) bond motifs is 1. The molecule has 1 atom stereocenters. The maximum atomic E-state index is 13.2. The lowest BCUT2D eigenvalue weighted by Gasteiger charge is -2.17. The lowest BCUT2D eigenvalue weighted by Crippen LogP contribution is -2.31. The molecule has 6 heteroatoms. The summed E-state index contributed by atoms with van der Waals surface area (Å²) in [6, 6.07) is 9.15. The topological polar surface area (TPSA) is 46.3 Å². The summed E-state index contributed by atoms with van der Waals surface area (Å²) >= 11 is 0. The molecule has 2 N–H and O–H groups in total. The zero-order valence-corrected chi connectivity index (χ0v) is 11.7. The third kappa shape index (κ3) is 2.75. The van der Waals surface area contributed by atoms with Crippen LogP contribution in [0.3, 0.4) is 0 Å². The molecule has 1 aliphatic heterocycles. The Morgan fingerprint density at radius 3 is 2.33 bits per heavy atom. The average molecular weight is 311 g/mol. The summed E-state index contributed by atoms with van der Waals surface area (Å²) < 4.78 is 26.1. The maximum absolute atomic E-state index is 13.2. The van der Waals surface area contributed by atoms with E-state index in [2.05, 4.69) is 0 Å². The van der Waals surface area contributed by atoms with Crippen LogP contribution in [0.5, 0.6) is 0 Å². The molecule has 1 unspecified atom stereocenters. The predicted molar refractivity (Wildman–Crippen MR) is 78.2 cm³/mol. The van der Waals surface area contributed by atoms with Crippen molar-refractivity contribution in [2.75, 3.05) is 4.90 Å². The summed E-state index contributed by atoms with van der Waals surface area (Å²) in [5.41, 5.74) is 7.68. The van der Waals surface area contributed by atoms with E-state index in [1.54, 1.807) is 18.2 Å². The van der Waals surface area contributed by atoms with E-state index in [4.69, 9.17) is 5.73 Å². The number of nitrogens with zero attached hydrogens (tertiary/aromatic N) is 1. The first kappa shape index (κ1) is 15.4. The second-order valence-corrected chi connectivity index (χ2v) is 4.73. The zero-order valence-electron chi connectivity index (χ0n) is 10.9. The van der Waals surface area contributed by atoms with Gasteiger partial charge in [0.15, 0.2) is 0 Å². The van der Waals surface area contributed by atoms with Crippen LogP contribution in [0.2, 0.25) is 0 Å². The summed E-state index contributed by atoms with van der Waals surface area (Å²) in [5, 5.41) is 0. The number of carbonyl (C=O) groups is 1. The monoisotopic (exact) mass is 310 g/mol. The molecular formula is C15H13ClF2N2O. The van der Waals surface area contributed by atoms with Gasteiger partial charge in [0.25, 0.3) is 0 Å². The summed E-state index contributed by atoms with van der Waals surface area (Å²) in [5.74, 6) is -1.04. The van der Waals surface area contributed by atoms with Gasteiger partial charge in [-0.05, 0) is 35.9 Å². The third-order valence-electron chi connectivity index (χ3n) is 3.40. The number of halogens is 3. The zero-order chi connectivity index (χ0) is 14.3. The second-order valence-electron chi connectivity index (χ2n) is 4.73. The van der Waals surface area contributed by atoms with Crippen molar-refractivity contribution in [2.45, 2.75) is 12.6 Å². The number of rotatable bonds is 2. The van der Waals surface area contributed by atoms with Crippen LogP contribution in [0.25, 0.3) is 0 Å². The molecule has 0 radical (unpaired) electrons. The van der Waals surface area contributed by atoms with Gasteiger partial charge in [-0.3, -0.25) is 4.79 Å². The Balaban J connectivity index is 0.00000161. The van der Waals surface area contributed by atoms with Gasteiger partial charge in [0, 0.05) is 11.3 Å². The molecule has 3 nitrogen and oxygen atoms in total. The van der Waals surface area contributed by atoms with Gasteiger partial charge in [0.1, 0.15) is 17.7 Å². The van der Waals surface area contributed by atoms with Crippen LogP contribution in [0, 0.1) is 11.6 Å². The van der Waals surface area contributed by atoms with Gasteiger partial charge in [0.2, 0.25) is 5.91 Å². The van der Waals surface area contributed by atoms with E-state index in [9.17, 15) is 13.6 Å². The minimum absolute atomic E-state index is 0. The van der Waals surface area contributed by atoms with Gasteiger partial charge in [-0.15, -0.1) is 12.4 Å². The number of anilines is 1. The molecule has 2 aromatic rings. The fourth-order valence-electron chi connectivity index (χ4n) is 2.38. The molecule has 2 aromatic carbocycles. The van der Waals surface area contributed by atoms with Crippen LogP contribution in [0.4, 0.5) is 14.5 Å². The first-order chi connectivity index (χ1) is 9.56. The summed E-state index contributed by atoms with van der Waals surface area (Å²) in [7, 11) is 0. The highest BCUT2D eigenvalue weighted by atomic mass is 35.5. The van der Waals surface area contributed by atoms with Gasteiger partial charge in [0.05, 0.1) is 6.54 Å². The van der Waals surface area contributed by atoms with Gasteiger partial charge in [-0.1, -0.05) is 12.1 Å². The number of benzene rings is 2. The smallest absolute Gasteiger partial charge is 0.248 e. The highest BCUT2D eigenvalue weighted by Crippen LogP contribution is 2.35. The molecule has 110 valence electrons. The van der Waals surface area contributed by atoms with Gasteiger partial charge < -0.3 is 10.6 Å². The van der Waals surface area contributed by atoms with E-state index >= 15 is 0 Å². The van der Waals surface area contributed by atoms with E-state index in [-0.39, 0.29) is 30.7 Å². The standard InChI is InChI=1S/C15H12F2N2O.ClH/c16-10-3-1-9(2-4-10)8-19-13-6-5-11(17)7-12(13)14(18)15(19)20;/h1-7,14H,8,18H2;1H. The van der Waals surface area contributed by atoms with Gasteiger partial charge in [-0.2, -0.15) is 0 Å². The number of hydrogen-bond donors (Lipinski definition) is 1. The van der Waals surface area contributed by atoms with E-state index in [0.717, 1.165) is 5.56 Å². The Morgan fingerprint density at radius 2 is 1.67 bits per heavy atom. The Hall–Kier alpha value is -1.98. The Bertz CT molecular complexity index is 676. The Kier molecular flexibility index (Phi) is 4.25. The fraction of sp³-hybridized carbons (Fsp3) is 0.133. The molecule has 0 saturated carbocycles. The minimum atomic E-state index is -0.846. The van der Waals surface area contributed by atoms with E-state index in [1.165, 1.54) is 29.2 Å². The largest absolute Gasteiger partial charge is 0.316 e. The molecule has 0 aliphatic carbocycles. The minimum Gasteiger partial charge on any atom is -0.316 e. The van der Waals surface area contributed by atoms with Crippen molar-refractivity contribution in [2.24, 2.45) is 5.73 Å². The van der Waals surface area contributed by atoms with Crippen molar-refractivity contribution in [1.82, 2.24) is 0 Å². The highest BCUT2D eigenvalue weighted by molar-refractivity contribution is 6.04. The number of carbonyl (C=O) groups excluding carboxylic acids is 1. The normalized spacial score (nSPS) is 16.6. The van der Waals surface area contributed by atoms with Crippen molar-refractivity contribution < 1.29 is 13.6 Å². The molecule has 3 rings (SSSR count). The first-order valence-corrected chi connectivity index (χ1v) is 6.17. The molecule has 0 saturated heterocycles. The summed E-state index contributed by atoms with van der Waals surface area (Å²) in [6.07, 6.45) is 0. The SMILES string of the molecule is Cl.NC1C(=O)N(Cc2ccc(F)cc2)c2ccc(F)cc21. The molecule has 0 aromatic heterocycles. The van der Waals surface area contributed by atoms with Crippen LogP contribution in [0.1, 0.15) is 17.2 Å². The first-order valence-electron chi connectivity index (χ1n) is 6.17. The summed E-state index contributed by atoms with van der Waals surface area (Å²) in [4.78, 5) is 13.6. The molecule has 0 spiro atoms. The number of hydrogen-bond acceptors (Lipinski definition) is 2. The second kappa shape index (κ2) is 5.79. The van der Waals surface area contributed by atoms with Crippen molar-refractivity contribution in [3.63, 3.8) is 0 Å². The van der Waals surface area contributed by atoms with E-state index < -0.39 is 11.9 Å². The van der Waals surface area contributed by atoms with Gasteiger partial charge >= 0.3 is 0 Å².